The summed E-state index contributed by atoms with van der Waals surface area (Å²) in [6, 6.07) is 7.45. The predicted octanol–water partition coefficient (Wildman–Crippen LogP) is 1.62. The minimum atomic E-state index is -0.0642. The summed E-state index contributed by atoms with van der Waals surface area (Å²) >= 11 is 1.53. The molecule has 0 bridgehead atoms. The topological polar surface area (TPSA) is 78.9 Å². The van der Waals surface area contributed by atoms with Crippen molar-refractivity contribution in [3.05, 3.63) is 29.8 Å². The number of nitrogens with zero attached hydrogens (tertiary/aromatic N) is 2. The van der Waals surface area contributed by atoms with E-state index >= 15 is 0 Å². The molecule has 0 aliphatic rings. The number of thioether (sulfide) groups is 1. The molecular weight excluding hydrogens is 250 g/mol. The number of carbonyl (C=O) groups excluding carboxylic acids is 1. The number of hydrogen-bond donors (Lipinski definition) is 2. The molecule has 0 unspecified atom stereocenters. The van der Waals surface area contributed by atoms with E-state index < -0.39 is 0 Å². The first-order valence-corrected chi connectivity index (χ1v) is 6.67. The van der Waals surface area contributed by atoms with Crippen LogP contribution in [0.1, 0.15) is 16.8 Å². The summed E-state index contributed by atoms with van der Waals surface area (Å²) in [5, 5.41) is 11.3. The van der Waals surface area contributed by atoms with Gasteiger partial charge in [0.25, 0.3) is 5.91 Å². The summed E-state index contributed by atoms with van der Waals surface area (Å²) in [5.74, 6) is 0.0542. The van der Waals surface area contributed by atoms with Gasteiger partial charge in [-0.15, -0.1) is 11.8 Å². The number of amides is 1. The molecular formula is C12H17N3O2S. The number of carbonyl (C=O) groups is 1. The third kappa shape index (κ3) is 3.66. The molecule has 0 saturated heterocycles. The van der Waals surface area contributed by atoms with Gasteiger partial charge < -0.3 is 15.8 Å². The summed E-state index contributed by atoms with van der Waals surface area (Å²) in [6.45, 7) is 0.414. The van der Waals surface area contributed by atoms with Crippen molar-refractivity contribution in [1.29, 1.82) is 0 Å². The Bertz CT molecular complexity index is 449. The minimum absolute atomic E-state index is 0.0642. The first kappa shape index (κ1) is 14.4. The van der Waals surface area contributed by atoms with Gasteiger partial charge in [0.15, 0.2) is 0 Å². The summed E-state index contributed by atoms with van der Waals surface area (Å²) in [4.78, 5) is 14.7. The Morgan fingerprint density at radius 3 is 2.78 bits per heavy atom. The second-order valence-electron chi connectivity index (χ2n) is 3.77. The van der Waals surface area contributed by atoms with Crippen molar-refractivity contribution in [3.8, 4) is 0 Å². The molecule has 0 aliphatic heterocycles. The molecule has 3 N–H and O–H groups in total. The lowest BCUT2D eigenvalue weighted by Crippen LogP contribution is -2.30. The quantitative estimate of drug-likeness (QED) is 0.279. The van der Waals surface area contributed by atoms with Gasteiger partial charge in [-0.3, -0.25) is 4.79 Å². The van der Waals surface area contributed by atoms with Gasteiger partial charge >= 0.3 is 0 Å². The zero-order chi connectivity index (χ0) is 13.5. The molecule has 0 saturated carbocycles. The molecule has 0 aliphatic carbocycles. The second-order valence-corrected chi connectivity index (χ2v) is 4.62. The van der Waals surface area contributed by atoms with Crippen molar-refractivity contribution in [2.24, 2.45) is 10.9 Å². The molecule has 98 valence electrons. The highest BCUT2D eigenvalue weighted by molar-refractivity contribution is 7.98. The summed E-state index contributed by atoms with van der Waals surface area (Å²) in [6.07, 6.45) is 2.28. The van der Waals surface area contributed by atoms with Crippen LogP contribution in [0.3, 0.4) is 0 Å². The van der Waals surface area contributed by atoms with Gasteiger partial charge in [0.1, 0.15) is 5.84 Å². The third-order valence-electron chi connectivity index (χ3n) is 2.52. The van der Waals surface area contributed by atoms with E-state index in [2.05, 4.69) is 5.16 Å². The number of nitrogens with two attached hydrogens (primary N) is 1. The molecule has 0 aromatic heterocycles. The Labute approximate surface area is 111 Å². The second kappa shape index (κ2) is 6.90. The maximum absolute atomic E-state index is 12.2. The zero-order valence-corrected chi connectivity index (χ0v) is 11.3. The Morgan fingerprint density at radius 1 is 1.50 bits per heavy atom. The van der Waals surface area contributed by atoms with Gasteiger partial charge in [-0.25, -0.2) is 0 Å². The maximum Gasteiger partial charge on any atom is 0.254 e. The zero-order valence-electron chi connectivity index (χ0n) is 10.5. The molecule has 5 nitrogen and oxygen atoms in total. The normalized spacial score (nSPS) is 11.3. The lowest BCUT2D eigenvalue weighted by molar-refractivity contribution is 0.0795. The van der Waals surface area contributed by atoms with E-state index in [0.29, 0.717) is 18.5 Å². The highest BCUT2D eigenvalue weighted by Gasteiger charge is 2.15. The molecule has 18 heavy (non-hydrogen) atoms. The van der Waals surface area contributed by atoms with Crippen molar-refractivity contribution >= 4 is 23.5 Å². The molecule has 1 amide bonds. The third-order valence-corrected chi connectivity index (χ3v) is 3.31. The van der Waals surface area contributed by atoms with Gasteiger partial charge in [0.2, 0.25) is 0 Å². The van der Waals surface area contributed by atoms with Crippen molar-refractivity contribution in [2.45, 2.75) is 11.3 Å². The number of benzene rings is 1. The van der Waals surface area contributed by atoms with E-state index in [4.69, 9.17) is 10.9 Å². The lowest BCUT2D eigenvalue weighted by Gasteiger charge is -2.18. The largest absolute Gasteiger partial charge is 0.409 e. The van der Waals surface area contributed by atoms with Gasteiger partial charge in [0, 0.05) is 24.9 Å². The van der Waals surface area contributed by atoms with Crippen molar-refractivity contribution in [3.63, 3.8) is 0 Å². The van der Waals surface area contributed by atoms with Gasteiger partial charge in [-0.1, -0.05) is 17.3 Å². The average molecular weight is 267 g/mol. The first-order valence-electron chi connectivity index (χ1n) is 5.45. The number of rotatable bonds is 5. The van der Waals surface area contributed by atoms with Crippen LogP contribution in [-0.2, 0) is 0 Å². The summed E-state index contributed by atoms with van der Waals surface area (Å²) in [7, 11) is 1.70. The maximum atomic E-state index is 12.2. The standard InChI is InChI=1S/C12H17N3O2S/c1-15(8-7-11(13)14-17)12(16)9-5-3-4-6-10(9)18-2/h3-6,17H,7-8H2,1-2H3,(H2,13,14). The van der Waals surface area contributed by atoms with Crippen LogP contribution in [0.5, 0.6) is 0 Å². The Morgan fingerprint density at radius 2 is 2.17 bits per heavy atom. The molecule has 0 atom stereocenters. The molecule has 0 radical (unpaired) electrons. The molecule has 0 fully saturated rings. The van der Waals surface area contributed by atoms with Crippen LogP contribution in [0, 0.1) is 0 Å². The van der Waals surface area contributed by atoms with Crippen LogP contribution in [0.25, 0.3) is 0 Å². The monoisotopic (exact) mass is 267 g/mol. The number of amidine groups is 1. The van der Waals surface area contributed by atoms with E-state index in [-0.39, 0.29) is 11.7 Å². The Balaban J connectivity index is 2.74. The van der Waals surface area contributed by atoms with Gasteiger partial charge in [-0.2, -0.15) is 0 Å². The van der Waals surface area contributed by atoms with Crippen LogP contribution in [0.4, 0.5) is 0 Å². The van der Waals surface area contributed by atoms with Crippen LogP contribution in [-0.4, -0.2) is 41.7 Å². The van der Waals surface area contributed by atoms with E-state index in [1.807, 2.05) is 24.5 Å². The van der Waals surface area contributed by atoms with Crippen LogP contribution in [0.15, 0.2) is 34.3 Å². The van der Waals surface area contributed by atoms with E-state index in [1.165, 1.54) is 11.8 Å². The van der Waals surface area contributed by atoms with Crippen LogP contribution in [0.2, 0.25) is 0 Å². The van der Waals surface area contributed by atoms with E-state index in [9.17, 15) is 4.79 Å². The minimum Gasteiger partial charge on any atom is -0.409 e. The Hall–Kier alpha value is -1.69. The van der Waals surface area contributed by atoms with Gasteiger partial charge in [-0.05, 0) is 18.4 Å². The summed E-state index contributed by atoms with van der Waals surface area (Å²) < 4.78 is 0. The molecule has 1 rings (SSSR count). The molecule has 0 heterocycles. The molecule has 0 spiro atoms. The molecule has 1 aromatic rings. The van der Waals surface area contributed by atoms with Crippen LogP contribution < -0.4 is 5.73 Å². The SMILES string of the molecule is CSc1ccccc1C(=O)N(C)CCC(N)=NO. The molecule has 1 aromatic carbocycles. The van der Waals surface area contributed by atoms with Crippen LogP contribution >= 0.6 is 11.8 Å². The number of hydrogen-bond acceptors (Lipinski definition) is 4. The van der Waals surface area contributed by atoms with E-state index in [0.717, 1.165) is 4.90 Å². The predicted molar refractivity (Wildman–Crippen MR) is 73.2 cm³/mol. The highest BCUT2D eigenvalue weighted by atomic mass is 32.2. The smallest absolute Gasteiger partial charge is 0.254 e. The highest BCUT2D eigenvalue weighted by Crippen LogP contribution is 2.20. The van der Waals surface area contributed by atoms with Crippen molar-refractivity contribution in [1.82, 2.24) is 4.90 Å². The van der Waals surface area contributed by atoms with Crippen molar-refractivity contribution < 1.29 is 10.0 Å². The average Bonchev–Trinajstić information content (AvgIpc) is 2.43. The van der Waals surface area contributed by atoms with Gasteiger partial charge in [0.05, 0.1) is 5.56 Å². The summed E-state index contributed by atoms with van der Waals surface area (Å²) in [5.41, 5.74) is 6.05. The Kier molecular flexibility index (Phi) is 5.51. The first-order chi connectivity index (χ1) is 8.60. The fourth-order valence-electron chi connectivity index (χ4n) is 1.46. The fourth-order valence-corrected chi connectivity index (χ4v) is 2.05. The van der Waals surface area contributed by atoms with Crippen molar-refractivity contribution in [2.75, 3.05) is 19.8 Å². The lowest BCUT2D eigenvalue weighted by atomic mass is 10.2. The van der Waals surface area contributed by atoms with E-state index in [1.54, 1.807) is 18.0 Å². The number of oxime groups is 1. The fraction of sp³-hybridized carbons (Fsp3) is 0.333. The molecule has 6 heteroatoms.